The van der Waals surface area contributed by atoms with Crippen molar-refractivity contribution in [3.63, 3.8) is 0 Å². The maximum absolute atomic E-state index is 12.0. The standard InChI is InChI=1S/C15H23N3O4S/c1-12(2)17-23(20,21)14-5-3-13(4-6-14)16-11-15(19)18-7-9-22-10-8-18/h3-6,12,16-17H,7-11H2,1-2H3. The van der Waals surface area contributed by atoms with Crippen molar-refractivity contribution in [3.8, 4) is 0 Å². The van der Waals surface area contributed by atoms with Gasteiger partial charge in [0.2, 0.25) is 15.9 Å². The number of anilines is 1. The summed E-state index contributed by atoms with van der Waals surface area (Å²) in [5.41, 5.74) is 0.704. The van der Waals surface area contributed by atoms with Crippen LogP contribution in [-0.2, 0) is 19.6 Å². The van der Waals surface area contributed by atoms with Gasteiger partial charge in [-0.3, -0.25) is 4.79 Å². The summed E-state index contributed by atoms with van der Waals surface area (Å²) in [6, 6.07) is 6.19. The molecule has 1 heterocycles. The molecule has 0 aromatic heterocycles. The molecule has 0 atom stereocenters. The van der Waals surface area contributed by atoms with Crippen LogP contribution in [0.5, 0.6) is 0 Å². The second kappa shape index (κ2) is 7.76. The van der Waals surface area contributed by atoms with Crippen molar-refractivity contribution in [1.29, 1.82) is 0 Å². The smallest absolute Gasteiger partial charge is 0.242 e. The number of amides is 1. The van der Waals surface area contributed by atoms with Crippen LogP contribution in [0.2, 0.25) is 0 Å². The molecular weight excluding hydrogens is 318 g/mol. The summed E-state index contributed by atoms with van der Waals surface area (Å²) in [6.45, 7) is 6.07. The number of carbonyl (C=O) groups excluding carboxylic acids is 1. The van der Waals surface area contributed by atoms with Crippen molar-refractivity contribution >= 4 is 21.6 Å². The normalized spacial score (nSPS) is 15.7. The molecule has 1 aliphatic rings. The third-order valence-corrected chi connectivity index (χ3v) is 5.04. The van der Waals surface area contributed by atoms with E-state index in [4.69, 9.17) is 4.74 Å². The third-order valence-electron chi connectivity index (χ3n) is 3.36. The van der Waals surface area contributed by atoms with E-state index in [1.165, 1.54) is 12.1 Å². The lowest BCUT2D eigenvalue weighted by molar-refractivity contribution is -0.133. The molecule has 1 amide bonds. The molecule has 0 bridgehead atoms. The summed E-state index contributed by atoms with van der Waals surface area (Å²) in [6.07, 6.45) is 0. The number of nitrogens with zero attached hydrogens (tertiary/aromatic N) is 1. The van der Waals surface area contributed by atoms with E-state index >= 15 is 0 Å². The van der Waals surface area contributed by atoms with Gasteiger partial charge in [-0.1, -0.05) is 0 Å². The topological polar surface area (TPSA) is 87.7 Å². The fraction of sp³-hybridized carbons (Fsp3) is 0.533. The molecule has 1 fully saturated rings. The van der Waals surface area contributed by atoms with Gasteiger partial charge in [0.05, 0.1) is 24.7 Å². The van der Waals surface area contributed by atoms with Gasteiger partial charge < -0.3 is 15.0 Å². The number of morpholine rings is 1. The molecule has 0 spiro atoms. The predicted molar refractivity (Wildman–Crippen MR) is 87.8 cm³/mol. The predicted octanol–water partition coefficient (Wildman–Crippen LogP) is 0.644. The number of rotatable bonds is 6. The van der Waals surface area contributed by atoms with E-state index in [0.717, 1.165) is 0 Å². The molecule has 0 radical (unpaired) electrons. The Morgan fingerprint density at radius 3 is 2.39 bits per heavy atom. The molecule has 7 nitrogen and oxygen atoms in total. The zero-order valence-electron chi connectivity index (χ0n) is 13.4. The van der Waals surface area contributed by atoms with Crippen LogP contribution in [0.15, 0.2) is 29.2 Å². The Hall–Kier alpha value is -1.64. The average Bonchev–Trinajstić information content (AvgIpc) is 2.52. The molecule has 2 rings (SSSR count). The fourth-order valence-corrected chi connectivity index (χ4v) is 3.48. The van der Waals surface area contributed by atoms with E-state index in [2.05, 4.69) is 10.0 Å². The van der Waals surface area contributed by atoms with Crippen molar-refractivity contribution in [3.05, 3.63) is 24.3 Å². The highest BCUT2D eigenvalue weighted by atomic mass is 32.2. The van der Waals surface area contributed by atoms with E-state index in [1.54, 1.807) is 30.9 Å². The van der Waals surface area contributed by atoms with Crippen molar-refractivity contribution in [1.82, 2.24) is 9.62 Å². The number of carbonyl (C=O) groups is 1. The van der Waals surface area contributed by atoms with Crippen LogP contribution in [0.25, 0.3) is 0 Å². The van der Waals surface area contributed by atoms with E-state index in [-0.39, 0.29) is 23.4 Å². The van der Waals surface area contributed by atoms with Crippen LogP contribution in [-0.4, -0.2) is 58.1 Å². The van der Waals surface area contributed by atoms with E-state index in [0.29, 0.717) is 32.0 Å². The molecule has 1 aromatic carbocycles. The monoisotopic (exact) mass is 341 g/mol. The SMILES string of the molecule is CC(C)NS(=O)(=O)c1ccc(NCC(=O)N2CCOCC2)cc1. The summed E-state index contributed by atoms with van der Waals surface area (Å²) >= 11 is 0. The molecule has 1 saturated heterocycles. The summed E-state index contributed by atoms with van der Waals surface area (Å²) in [5.74, 6) is 0.00599. The van der Waals surface area contributed by atoms with Gasteiger partial charge in [0, 0.05) is 24.8 Å². The number of nitrogens with one attached hydrogen (secondary N) is 2. The van der Waals surface area contributed by atoms with Gasteiger partial charge in [0.1, 0.15) is 0 Å². The lowest BCUT2D eigenvalue weighted by Crippen LogP contribution is -2.43. The number of sulfonamides is 1. The molecule has 0 unspecified atom stereocenters. The van der Waals surface area contributed by atoms with Crippen molar-refractivity contribution < 1.29 is 17.9 Å². The van der Waals surface area contributed by atoms with Crippen LogP contribution < -0.4 is 10.0 Å². The summed E-state index contributed by atoms with van der Waals surface area (Å²) < 4.78 is 31.8. The zero-order valence-corrected chi connectivity index (χ0v) is 14.2. The number of benzene rings is 1. The highest BCUT2D eigenvalue weighted by Crippen LogP contribution is 2.14. The maximum Gasteiger partial charge on any atom is 0.242 e. The van der Waals surface area contributed by atoms with Crippen LogP contribution >= 0.6 is 0 Å². The second-order valence-corrected chi connectivity index (χ2v) is 7.36. The molecular formula is C15H23N3O4S. The number of hydrogen-bond donors (Lipinski definition) is 2. The summed E-state index contributed by atoms with van der Waals surface area (Å²) in [7, 11) is -3.49. The molecule has 1 aliphatic heterocycles. The minimum Gasteiger partial charge on any atom is -0.378 e. The van der Waals surface area contributed by atoms with Gasteiger partial charge in [0.15, 0.2) is 0 Å². The zero-order chi connectivity index (χ0) is 16.9. The van der Waals surface area contributed by atoms with Gasteiger partial charge in [-0.05, 0) is 38.1 Å². The fourth-order valence-electron chi connectivity index (χ4n) is 2.23. The number of hydrogen-bond acceptors (Lipinski definition) is 5. The van der Waals surface area contributed by atoms with Gasteiger partial charge in [-0.25, -0.2) is 13.1 Å². The van der Waals surface area contributed by atoms with Crippen LogP contribution in [0, 0.1) is 0 Å². The van der Waals surface area contributed by atoms with Gasteiger partial charge in [0.25, 0.3) is 0 Å². The third kappa shape index (κ3) is 5.19. The molecule has 128 valence electrons. The molecule has 0 aliphatic carbocycles. The Labute approximate surface area is 137 Å². The van der Waals surface area contributed by atoms with Crippen molar-refractivity contribution in [2.75, 3.05) is 38.2 Å². The minimum atomic E-state index is -3.49. The molecule has 23 heavy (non-hydrogen) atoms. The Morgan fingerprint density at radius 2 is 1.83 bits per heavy atom. The highest BCUT2D eigenvalue weighted by Gasteiger charge is 2.17. The molecule has 2 N–H and O–H groups in total. The quantitative estimate of drug-likeness (QED) is 0.793. The van der Waals surface area contributed by atoms with E-state index < -0.39 is 10.0 Å². The first-order valence-electron chi connectivity index (χ1n) is 7.60. The van der Waals surface area contributed by atoms with Crippen molar-refractivity contribution in [2.45, 2.75) is 24.8 Å². The van der Waals surface area contributed by atoms with Crippen LogP contribution in [0.1, 0.15) is 13.8 Å². The summed E-state index contributed by atoms with van der Waals surface area (Å²) in [4.78, 5) is 14.0. The maximum atomic E-state index is 12.0. The Morgan fingerprint density at radius 1 is 1.22 bits per heavy atom. The minimum absolute atomic E-state index is 0.00599. The number of ether oxygens (including phenoxy) is 1. The first kappa shape index (κ1) is 17.7. The Balaban J connectivity index is 1.91. The molecule has 1 aromatic rings. The van der Waals surface area contributed by atoms with Crippen molar-refractivity contribution in [2.24, 2.45) is 0 Å². The summed E-state index contributed by atoms with van der Waals surface area (Å²) in [5, 5.41) is 3.01. The van der Waals surface area contributed by atoms with Crippen LogP contribution in [0.3, 0.4) is 0 Å². The molecule has 0 saturated carbocycles. The van der Waals surface area contributed by atoms with E-state index in [9.17, 15) is 13.2 Å². The Kier molecular flexibility index (Phi) is 5.97. The Bertz CT molecular complexity index is 623. The first-order chi connectivity index (χ1) is 10.9. The second-order valence-electron chi connectivity index (χ2n) is 5.65. The lowest BCUT2D eigenvalue weighted by atomic mass is 10.3. The van der Waals surface area contributed by atoms with Gasteiger partial charge in [-0.2, -0.15) is 0 Å². The van der Waals surface area contributed by atoms with Gasteiger partial charge >= 0.3 is 0 Å². The van der Waals surface area contributed by atoms with E-state index in [1.807, 2.05) is 0 Å². The largest absolute Gasteiger partial charge is 0.378 e. The molecule has 8 heteroatoms. The lowest BCUT2D eigenvalue weighted by Gasteiger charge is -2.27. The van der Waals surface area contributed by atoms with Gasteiger partial charge in [-0.15, -0.1) is 0 Å². The highest BCUT2D eigenvalue weighted by molar-refractivity contribution is 7.89. The average molecular weight is 341 g/mol. The van der Waals surface area contributed by atoms with Crippen LogP contribution in [0.4, 0.5) is 5.69 Å². The first-order valence-corrected chi connectivity index (χ1v) is 9.08.